The number of aryl methyl sites for hydroxylation is 3. The smallest absolute Gasteiger partial charge is 0.193 e. The van der Waals surface area contributed by atoms with Crippen LogP contribution in [0.4, 0.5) is 0 Å². The van der Waals surface area contributed by atoms with Gasteiger partial charge in [0.25, 0.3) is 0 Å². The lowest BCUT2D eigenvalue weighted by Crippen LogP contribution is -2.38. The summed E-state index contributed by atoms with van der Waals surface area (Å²) in [6, 6.07) is 8.45. The molecule has 132 valence electrons. The molecule has 1 aromatic heterocycles. The molecule has 24 heavy (non-hydrogen) atoms. The topological polar surface area (TPSA) is 45.5 Å². The van der Waals surface area contributed by atoms with Gasteiger partial charge in [-0.25, -0.2) is 0 Å². The van der Waals surface area contributed by atoms with Crippen LogP contribution in [-0.4, -0.2) is 34.7 Å². The monoisotopic (exact) mass is 441 g/mol. The normalized spacial score (nSPS) is 11.2. The highest BCUT2D eigenvalue weighted by Gasteiger charge is 2.12. The van der Waals surface area contributed by atoms with E-state index in [9.17, 15) is 0 Å². The number of benzene rings is 1. The zero-order valence-corrected chi connectivity index (χ0v) is 17.8. The fourth-order valence-corrected chi connectivity index (χ4v) is 2.74. The zero-order valence-electron chi connectivity index (χ0n) is 15.4. The second-order valence-corrected chi connectivity index (χ2v) is 5.96. The summed E-state index contributed by atoms with van der Waals surface area (Å²) < 4.78 is 1.92. The molecule has 0 fully saturated rings. The summed E-state index contributed by atoms with van der Waals surface area (Å²) in [6.45, 7) is 7.84. The Bertz CT molecular complexity index is 705. The molecule has 0 radical (unpaired) electrons. The van der Waals surface area contributed by atoms with E-state index in [0.717, 1.165) is 24.7 Å². The van der Waals surface area contributed by atoms with Crippen LogP contribution in [0.25, 0.3) is 0 Å². The summed E-state index contributed by atoms with van der Waals surface area (Å²) >= 11 is 0. The molecule has 0 saturated heterocycles. The van der Waals surface area contributed by atoms with Crippen LogP contribution >= 0.6 is 24.0 Å². The minimum absolute atomic E-state index is 0. The van der Waals surface area contributed by atoms with Crippen LogP contribution in [0.5, 0.6) is 0 Å². The third kappa shape index (κ3) is 4.72. The van der Waals surface area contributed by atoms with Crippen molar-refractivity contribution in [2.24, 2.45) is 12.0 Å². The van der Waals surface area contributed by atoms with Crippen molar-refractivity contribution >= 4 is 29.9 Å². The second-order valence-electron chi connectivity index (χ2n) is 5.96. The Morgan fingerprint density at radius 2 is 1.92 bits per heavy atom. The van der Waals surface area contributed by atoms with Gasteiger partial charge >= 0.3 is 0 Å². The summed E-state index contributed by atoms with van der Waals surface area (Å²) in [4.78, 5) is 6.54. The maximum Gasteiger partial charge on any atom is 0.193 e. The molecule has 0 aliphatic rings. The number of aromatic nitrogens is 2. The van der Waals surface area contributed by atoms with Crippen molar-refractivity contribution < 1.29 is 0 Å². The molecule has 1 N–H and O–H groups in total. The van der Waals surface area contributed by atoms with Crippen LogP contribution in [0, 0.1) is 20.8 Å². The number of guanidine groups is 1. The SMILES string of the molecule is CN=C(NCc1c(C)nn(C)c1C)N(C)Cc1ccccc1C.I. The molecule has 0 aliphatic heterocycles. The van der Waals surface area contributed by atoms with Gasteiger partial charge in [-0.15, -0.1) is 24.0 Å². The maximum absolute atomic E-state index is 4.46. The molecule has 0 spiro atoms. The average molecular weight is 441 g/mol. The Balaban J connectivity index is 0.00000288. The van der Waals surface area contributed by atoms with E-state index in [4.69, 9.17) is 0 Å². The van der Waals surface area contributed by atoms with Crippen LogP contribution in [0.15, 0.2) is 29.3 Å². The summed E-state index contributed by atoms with van der Waals surface area (Å²) in [6.07, 6.45) is 0. The molecule has 6 heteroatoms. The second kappa shape index (κ2) is 9.05. The van der Waals surface area contributed by atoms with E-state index in [2.05, 4.69) is 65.5 Å². The Labute approximate surface area is 162 Å². The molecule has 0 bridgehead atoms. The number of nitrogens with zero attached hydrogens (tertiary/aromatic N) is 4. The molecular formula is C18H28IN5. The summed E-state index contributed by atoms with van der Waals surface area (Å²) in [5.41, 5.74) is 6.10. The fourth-order valence-electron chi connectivity index (χ4n) is 2.74. The van der Waals surface area contributed by atoms with E-state index in [1.807, 2.05) is 25.7 Å². The van der Waals surface area contributed by atoms with Crippen molar-refractivity contribution in [3.05, 3.63) is 52.3 Å². The first-order chi connectivity index (χ1) is 10.9. The largest absolute Gasteiger partial charge is 0.352 e. The van der Waals surface area contributed by atoms with Gasteiger partial charge in [-0.2, -0.15) is 5.10 Å². The highest BCUT2D eigenvalue weighted by molar-refractivity contribution is 14.0. The molecule has 1 aromatic carbocycles. The Morgan fingerprint density at radius 3 is 2.46 bits per heavy atom. The molecule has 0 aliphatic carbocycles. The van der Waals surface area contributed by atoms with Crippen LogP contribution in [0.2, 0.25) is 0 Å². The van der Waals surface area contributed by atoms with Crippen molar-refractivity contribution in [3.63, 3.8) is 0 Å². The molecule has 0 unspecified atom stereocenters. The summed E-state index contributed by atoms with van der Waals surface area (Å²) in [5, 5.41) is 7.90. The highest BCUT2D eigenvalue weighted by atomic mass is 127. The molecular weight excluding hydrogens is 413 g/mol. The van der Waals surface area contributed by atoms with Gasteiger partial charge in [-0.1, -0.05) is 24.3 Å². The van der Waals surface area contributed by atoms with E-state index in [1.165, 1.54) is 22.4 Å². The Morgan fingerprint density at radius 1 is 1.25 bits per heavy atom. The maximum atomic E-state index is 4.46. The van der Waals surface area contributed by atoms with E-state index >= 15 is 0 Å². The molecule has 2 rings (SSSR count). The fraction of sp³-hybridized carbons (Fsp3) is 0.444. The predicted octanol–water partition coefficient (Wildman–Crippen LogP) is 3.17. The summed E-state index contributed by atoms with van der Waals surface area (Å²) in [7, 11) is 5.86. The quantitative estimate of drug-likeness (QED) is 0.451. The van der Waals surface area contributed by atoms with Crippen LogP contribution in [0.3, 0.4) is 0 Å². The van der Waals surface area contributed by atoms with Crippen molar-refractivity contribution in [1.82, 2.24) is 20.0 Å². The number of hydrogen-bond donors (Lipinski definition) is 1. The molecule has 0 saturated carbocycles. The lowest BCUT2D eigenvalue weighted by Gasteiger charge is -2.23. The first-order valence-electron chi connectivity index (χ1n) is 7.89. The minimum Gasteiger partial charge on any atom is -0.352 e. The predicted molar refractivity (Wildman–Crippen MR) is 111 cm³/mol. The first kappa shape index (κ1) is 20.5. The third-order valence-corrected chi connectivity index (χ3v) is 4.32. The van der Waals surface area contributed by atoms with Crippen LogP contribution in [0.1, 0.15) is 28.1 Å². The lowest BCUT2D eigenvalue weighted by atomic mass is 10.1. The summed E-state index contributed by atoms with van der Waals surface area (Å²) in [5.74, 6) is 0.885. The Kier molecular flexibility index (Phi) is 7.72. The molecule has 1 heterocycles. The van der Waals surface area contributed by atoms with Gasteiger partial charge in [0.05, 0.1) is 5.69 Å². The van der Waals surface area contributed by atoms with Crippen LogP contribution in [-0.2, 0) is 20.1 Å². The van der Waals surface area contributed by atoms with Gasteiger partial charge in [0.2, 0.25) is 0 Å². The van der Waals surface area contributed by atoms with Crippen molar-refractivity contribution in [3.8, 4) is 0 Å². The van der Waals surface area contributed by atoms with Crippen molar-refractivity contribution in [1.29, 1.82) is 0 Å². The standard InChI is InChI=1S/C18H27N5.HI/c1-13-9-7-8-10-16(13)12-22(5)18(19-4)20-11-17-14(2)21-23(6)15(17)3;/h7-10H,11-12H2,1-6H3,(H,19,20);1H. The zero-order chi connectivity index (χ0) is 17.0. The van der Waals surface area contributed by atoms with E-state index in [1.54, 1.807) is 0 Å². The average Bonchev–Trinajstić information content (AvgIpc) is 2.76. The molecule has 0 amide bonds. The van der Waals surface area contributed by atoms with Gasteiger partial charge < -0.3 is 10.2 Å². The van der Waals surface area contributed by atoms with Crippen molar-refractivity contribution in [2.75, 3.05) is 14.1 Å². The van der Waals surface area contributed by atoms with Gasteiger partial charge in [0.15, 0.2) is 5.96 Å². The highest BCUT2D eigenvalue weighted by Crippen LogP contribution is 2.12. The van der Waals surface area contributed by atoms with Gasteiger partial charge in [0.1, 0.15) is 0 Å². The van der Waals surface area contributed by atoms with E-state index < -0.39 is 0 Å². The first-order valence-corrected chi connectivity index (χ1v) is 7.89. The third-order valence-electron chi connectivity index (χ3n) is 4.32. The number of rotatable bonds is 4. The molecule has 0 atom stereocenters. The van der Waals surface area contributed by atoms with Gasteiger partial charge in [-0.3, -0.25) is 9.67 Å². The Hall–Kier alpha value is -1.57. The number of halogens is 1. The minimum atomic E-state index is 0. The van der Waals surface area contributed by atoms with Gasteiger partial charge in [0, 0.05) is 45.5 Å². The van der Waals surface area contributed by atoms with Gasteiger partial charge in [-0.05, 0) is 31.9 Å². The molecule has 5 nitrogen and oxygen atoms in total. The number of aliphatic imine (C=N–C) groups is 1. The van der Waals surface area contributed by atoms with Crippen LogP contribution < -0.4 is 5.32 Å². The van der Waals surface area contributed by atoms with Crippen molar-refractivity contribution in [2.45, 2.75) is 33.9 Å². The number of hydrogen-bond acceptors (Lipinski definition) is 2. The lowest BCUT2D eigenvalue weighted by molar-refractivity contribution is 0.475. The van der Waals surface area contributed by atoms with E-state index in [0.29, 0.717) is 0 Å². The van der Waals surface area contributed by atoms with E-state index in [-0.39, 0.29) is 24.0 Å². The molecule has 2 aromatic rings. The number of nitrogens with one attached hydrogen (secondary N) is 1.